The van der Waals surface area contributed by atoms with Gasteiger partial charge in [0.1, 0.15) is 11.6 Å². The second-order valence-electron chi connectivity index (χ2n) is 3.41. The Bertz CT molecular complexity index is 343. The van der Waals surface area contributed by atoms with E-state index in [1.54, 1.807) is 6.92 Å². The number of rotatable bonds is 3. The maximum absolute atomic E-state index is 12.8. The molecule has 0 fully saturated rings. The molecule has 1 rings (SSSR count). The van der Waals surface area contributed by atoms with Gasteiger partial charge in [0.2, 0.25) is 0 Å². The predicted octanol–water partition coefficient (Wildman–Crippen LogP) is 2.32. The molecule has 82 valence electrons. The molecule has 0 aliphatic rings. The highest BCUT2D eigenvalue weighted by molar-refractivity contribution is 5.72. The van der Waals surface area contributed by atoms with Crippen molar-refractivity contribution in [3.05, 3.63) is 35.4 Å². The number of carbonyl (C=O) groups excluding carboxylic acids is 1. The Balaban J connectivity index is 2.76. The zero-order valence-corrected chi connectivity index (χ0v) is 8.59. The standard InChI is InChI=1S/C11H12F2O2/c1-7(11(14)15-2)3-8-4-9(12)6-10(13)5-8/h4-7H,3H2,1-2H3/t7-/m0/s1. The van der Waals surface area contributed by atoms with Crippen LogP contribution in [0.2, 0.25) is 0 Å². The summed E-state index contributed by atoms with van der Waals surface area (Å²) in [6.07, 6.45) is 0.265. The van der Waals surface area contributed by atoms with Gasteiger partial charge in [0.15, 0.2) is 0 Å². The molecule has 0 bridgehead atoms. The topological polar surface area (TPSA) is 26.3 Å². The Labute approximate surface area is 86.9 Å². The molecule has 0 amide bonds. The monoisotopic (exact) mass is 214 g/mol. The highest BCUT2D eigenvalue weighted by Gasteiger charge is 2.14. The van der Waals surface area contributed by atoms with Gasteiger partial charge in [0, 0.05) is 6.07 Å². The van der Waals surface area contributed by atoms with Crippen molar-refractivity contribution in [3.63, 3.8) is 0 Å². The smallest absolute Gasteiger partial charge is 0.308 e. The van der Waals surface area contributed by atoms with E-state index < -0.39 is 17.6 Å². The van der Waals surface area contributed by atoms with Crippen molar-refractivity contribution in [3.8, 4) is 0 Å². The van der Waals surface area contributed by atoms with Crippen LogP contribution in [0, 0.1) is 17.6 Å². The van der Waals surface area contributed by atoms with Gasteiger partial charge in [-0.25, -0.2) is 8.78 Å². The lowest BCUT2D eigenvalue weighted by atomic mass is 10.0. The fourth-order valence-corrected chi connectivity index (χ4v) is 1.37. The van der Waals surface area contributed by atoms with E-state index in [1.165, 1.54) is 19.2 Å². The molecule has 15 heavy (non-hydrogen) atoms. The maximum Gasteiger partial charge on any atom is 0.308 e. The summed E-state index contributed by atoms with van der Waals surface area (Å²) in [6.45, 7) is 1.65. The summed E-state index contributed by atoms with van der Waals surface area (Å²) in [7, 11) is 1.28. The minimum Gasteiger partial charge on any atom is -0.469 e. The lowest BCUT2D eigenvalue weighted by molar-refractivity contribution is -0.144. The number of benzene rings is 1. The minimum atomic E-state index is -0.637. The normalized spacial score (nSPS) is 12.3. The highest BCUT2D eigenvalue weighted by Crippen LogP contribution is 2.13. The van der Waals surface area contributed by atoms with E-state index in [2.05, 4.69) is 4.74 Å². The van der Waals surface area contributed by atoms with Gasteiger partial charge in [-0.1, -0.05) is 6.92 Å². The van der Waals surface area contributed by atoms with Crippen molar-refractivity contribution in [1.29, 1.82) is 0 Å². The second kappa shape index (κ2) is 4.87. The average molecular weight is 214 g/mol. The Hall–Kier alpha value is -1.45. The number of esters is 1. The molecule has 2 nitrogen and oxygen atoms in total. The number of halogens is 2. The summed E-state index contributed by atoms with van der Waals surface area (Å²) >= 11 is 0. The third kappa shape index (κ3) is 3.31. The van der Waals surface area contributed by atoms with E-state index in [9.17, 15) is 13.6 Å². The van der Waals surface area contributed by atoms with Crippen LogP contribution in [0.25, 0.3) is 0 Å². The second-order valence-corrected chi connectivity index (χ2v) is 3.41. The van der Waals surface area contributed by atoms with Crippen LogP contribution in [0.3, 0.4) is 0 Å². The van der Waals surface area contributed by atoms with Gasteiger partial charge in [-0.15, -0.1) is 0 Å². The maximum atomic E-state index is 12.8. The Morgan fingerprint density at radius 3 is 2.33 bits per heavy atom. The van der Waals surface area contributed by atoms with E-state index in [1.807, 2.05) is 0 Å². The zero-order valence-electron chi connectivity index (χ0n) is 8.59. The average Bonchev–Trinajstić information content (AvgIpc) is 2.14. The first-order valence-corrected chi connectivity index (χ1v) is 4.55. The highest BCUT2D eigenvalue weighted by atomic mass is 19.1. The van der Waals surface area contributed by atoms with E-state index in [0.29, 0.717) is 5.56 Å². The Morgan fingerprint density at radius 1 is 1.33 bits per heavy atom. The molecule has 0 radical (unpaired) electrons. The summed E-state index contributed by atoms with van der Waals surface area (Å²) in [5.74, 6) is -2.07. The third-order valence-corrected chi connectivity index (χ3v) is 2.07. The summed E-state index contributed by atoms with van der Waals surface area (Å²) in [5.41, 5.74) is 0.449. The number of carbonyl (C=O) groups is 1. The molecule has 0 spiro atoms. The molecular weight excluding hydrogens is 202 g/mol. The SMILES string of the molecule is COC(=O)[C@@H](C)Cc1cc(F)cc(F)c1. The van der Waals surface area contributed by atoms with Crippen molar-refractivity contribution in [1.82, 2.24) is 0 Å². The van der Waals surface area contributed by atoms with Gasteiger partial charge in [0.25, 0.3) is 0 Å². The lowest BCUT2D eigenvalue weighted by Crippen LogP contribution is -2.15. The molecule has 1 atom stereocenters. The molecule has 0 heterocycles. The molecule has 0 unspecified atom stereocenters. The predicted molar refractivity (Wildman–Crippen MR) is 51.2 cm³/mol. The van der Waals surface area contributed by atoms with Crippen LogP contribution in [-0.4, -0.2) is 13.1 Å². The molecule has 0 saturated heterocycles. The van der Waals surface area contributed by atoms with Crippen LogP contribution >= 0.6 is 0 Å². The van der Waals surface area contributed by atoms with Crippen LogP contribution in [0.4, 0.5) is 8.78 Å². The summed E-state index contributed by atoms with van der Waals surface area (Å²) in [6, 6.07) is 3.22. The van der Waals surface area contributed by atoms with Gasteiger partial charge in [-0.05, 0) is 24.1 Å². The largest absolute Gasteiger partial charge is 0.469 e. The van der Waals surface area contributed by atoms with Gasteiger partial charge in [-0.2, -0.15) is 0 Å². The number of ether oxygens (including phenoxy) is 1. The molecule has 0 N–H and O–H groups in total. The van der Waals surface area contributed by atoms with E-state index in [4.69, 9.17) is 0 Å². The van der Waals surface area contributed by atoms with Crippen LogP contribution < -0.4 is 0 Å². The van der Waals surface area contributed by atoms with E-state index in [-0.39, 0.29) is 12.4 Å². The fraction of sp³-hybridized carbons (Fsp3) is 0.364. The van der Waals surface area contributed by atoms with Gasteiger partial charge < -0.3 is 4.74 Å². The Kier molecular flexibility index (Phi) is 3.77. The number of methoxy groups -OCH3 is 1. The number of hydrogen-bond donors (Lipinski definition) is 0. The van der Waals surface area contributed by atoms with Crippen LogP contribution in [0.15, 0.2) is 18.2 Å². The minimum absolute atomic E-state index is 0.265. The first-order valence-electron chi connectivity index (χ1n) is 4.55. The first kappa shape index (κ1) is 11.6. The zero-order chi connectivity index (χ0) is 11.4. The molecule has 0 aliphatic heterocycles. The molecular formula is C11H12F2O2. The van der Waals surface area contributed by atoms with Crippen LogP contribution in [-0.2, 0) is 16.0 Å². The summed E-state index contributed by atoms with van der Waals surface area (Å²) < 4.78 is 30.1. The van der Waals surface area contributed by atoms with Crippen molar-refractivity contribution >= 4 is 5.97 Å². The van der Waals surface area contributed by atoms with Gasteiger partial charge in [-0.3, -0.25) is 4.79 Å². The van der Waals surface area contributed by atoms with Crippen molar-refractivity contribution in [2.45, 2.75) is 13.3 Å². The van der Waals surface area contributed by atoms with E-state index >= 15 is 0 Å². The molecule has 1 aromatic rings. The lowest BCUT2D eigenvalue weighted by Gasteiger charge is -2.08. The van der Waals surface area contributed by atoms with Gasteiger partial charge in [0.05, 0.1) is 13.0 Å². The molecule has 4 heteroatoms. The van der Waals surface area contributed by atoms with Gasteiger partial charge >= 0.3 is 5.97 Å². The first-order chi connectivity index (χ1) is 7.02. The third-order valence-electron chi connectivity index (χ3n) is 2.07. The Morgan fingerprint density at radius 2 is 1.87 bits per heavy atom. The van der Waals surface area contributed by atoms with Crippen molar-refractivity contribution < 1.29 is 18.3 Å². The van der Waals surface area contributed by atoms with Crippen LogP contribution in [0.1, 0.15) is 12.5 Å². The molecule has 0 saturated carbocycles. The molecule has 1 aromatic carbocycles. The molecule has 0 aromatic heterocycles. The summed E-state index contributed by atoms with van der Waals surface area (Å²) in [5, 5.41) is 0. The van der Waals surface area contributed by atoms with Crippen molar-refractivity contribution in [2.75, 3.05) is 7.11 Å². The van der Waals surface area contributed by atoms with E-state index in [0.717, 1.165) is 6.07 Å². The van der Waals surface area contributed by atoms with Crippen molar-refractivity contribution in [2.24, 2.45) is 5.92 Å². The fourth-order valence-electron chi connectivity index (χ4n) is 1.37. The number of hydrogen-bond acceptors (Lipinski definition) is 2. The van der Waals surface area contributed by atoms with Crippen LogP contribution in [0.5, 0.6) is 0 Å². The quantitative estimate of drug-likeness (QED) is 0.722. The molecule has 0 aliphatic carbocycles. The summed E-state index contributed by atoms with van der Waals surface area (Å²) in [4.78, 5) is 11.1.